The van der Waals surface area contributed by atoms with Crippen LogP contribution in [0.2, 0.25) is 0 Å². The van der Waals surface area contributed by atoms with Crippen molar-refractivity contribution >= 4 is 51.0 Å². The van der Waals surface area contributed by atoms with E-state index in [0.717, 1.165) is 71.4 Å². The Labute approximate surface area is 451 Å². The second kappa shape index (κ2) is 21.6. The molecule has 3 aromatic carbocycles. The van der Waals surface area contributed by atoms with E-state index in [1.54, 1.807) is 18.2 Å². The second-order valence-corrected chi connectivity index (χ2v) is 22.4. The van der Waals surface area contributed by atoms with Gasteiger partial charge in [0.25, 0.3) is 5.91 Å². The summed E-state index contributed by atoms with van der Waals surface area (Å²) < 4.78 is 72.8. The molecular formula is C58H68F2N10O7. The summed E-state index contributed by atoms with van der Waals surface area (Å²) in [6, 6.07) is 9.95. The number of ether oxygens (including phenoxy) is 3. The minimum absolute atomic E-state index is 0.0192. The van der Waals surface area contributed by atoms with Crippen molar-refractivity contribution in [2.24, 2.45) is 17.3 Å². The average Bonchev–Trinajstić information content (AvgIpc) is 3.81. The third kappa shape index (κ3) is 10.6. The number of aromatic hydroxyl groups is 1. The number of methoxy groups -OCH3 is 2. The van der Waals surface area contributed by atoms with Crippen LogP contribution >= 0.6 is 0 Å². The number of hydrogen-bond donors (Lipinski definition) is 3. The lowest BCUT2D eigenvalue weighted by atomic mass is 9.65. The van der Waals surface area contributed by atoms with Crippen molar-refractivity contribution in [2.75, 3.05) is 109 Å². The van der Waals surface area contributed by atoms with E-state index >= 15 is 8.78 Å². The Morgan fingerprint density at radius 3 is 2.53 bits per heavy atom. The average molecular weight is 1060 g/mol. The third-order valence-corrected chi connectivity index (χ3v) is 17.3. The first-order valence-electron chi connectivity index (χ1n) is 28.5. The summed E-state index contributed by atoms with van der Waals surface area (Å²) in [5.74, 6) is 1.79. The van der Waals surface area contributed by atoms with Gasteiger partial charge in [-0.3, -0.25) is 24.8 Å². The highest BCUT2D eigenvalue weighted by Crippen LogP contribution is 2.47. The van der Waals surface area contributed by atoms with Crippen LogP contribution in [-0.4, -0.2) is 164 Å². The van der Waals surface area contributed by atoms with Crippen molar-refractivity contribution in [1.82, 2.24) is 40.3 Å². The summed E-state index contributed by atoms with van der Waals surface area (Å²) in [5.41, 5.74) is 0.214. The first-order chi connectivity index (χ1) is 38.4. The van der Waals surface area contributed by atoms with Crippen molar-refractivity contribution in [3.05, 3.63) is 71.4 Å². The molecule has 7 heterocycles. The van der Waals surface area contributed by atoms with Crippen molar-refractivity contribution in [3.63, 3.8) is 0 Å². The quantitative estimate of drug-likeness (QED) is 0.0972. The molecule has 1 aliphatic carbocycles. The van der Waals surface area contributed by atoms with E-state index < -0.39 is 30.2 Å². The van der Waals surface area contributed by atoms with Gasteiger partial charge in [-0.15, -0.1) is 6.42 Å². The zero-order valence-corrected chi connectivity index (χ0v) is 43.7. The normalized spacial score (nSPS) is 23.4. The van der Waals surface area contributed by atoms with Crippen LogP contribution in [0, 0.1) is 41.2 Å². The zero-order valence-electron chi connectivity index (χ0n) is 46.7. The van der Waals surface area contributed by atoms with Crippen LogP contribution in [-0.2, 0) is 9.53 Å². The van der Waals surface area contributed by atoms with E-state index in [0.29, 0.717) is 72.1 Å². The fourth-order valence-electron chi connectivity index (χ4n) is 13.1. The van der Waals surface area contributed by atoms with E-state index in [4.69, 9.17) is 29.7 Å². The number of carbonyl (C=O) groups is 3. The van der Waals surface area contributed by atoms with E-state index in [1.807, 2.05) is 9.80 Å². The highest BCUT2D eigenvalue weighted by molar-refractivity contribution is 6.07. The first kappa shape index (κ1) is 48.6. The van der Waals surface area contributed by atoms with Crippen molar-refractivity contribution in [2.45, 2.75) is 76.3 Å². The van der Waals surface area contributed by atoms with Gasteiger partial charge >= 0.3 is 12.0 Å². The number of phenolic OH excluding ortho intramolecular Hbond substituents is 1. The Balaban J connectivity index is 0.707. The van der Waals surface area contributed by atoms with Gasteiger partial charge in [0, 0.05) is 120 Å². The smallest absolute Gasteiger partial charge is 0.328 e. The predicted molar refractivity (Wildman–Crippen MR) is 288 cm³/mol. The number of phenols is 1. The highest BCUT2D eigenvalue weighted by Gasteiger charge is 2.46. The number of piperazine rings is 2. The molecule has 5 aliphatic heterocycles. The van der Waals surface area contributed by atoms with Gasteiger partial charge < -0.3 is 44.2 Å². The summed E-state index contributed by atoms with van der Waals surface area (Å²) in [5, 5.41) is 17.6. The van der Waals surface area contributed by atoms with Crippen molar-refractivity contribution in [3.8, 4) is 41.1 Å². The molecule has 2 bridgehead atoms. The number of imide groups is 1. The summed E-state index contributed by atoms with van der Waals surface area (Å²) in [7, 11) is -1.07. The van der Waals surface area contributed by atoms with E-state index in [9.17, 15) is 19.5 Å². The Kier molecular flexibility index (Phi) is 13.6. The summed E-state index contributed by atoms with van der Waals surface area (Å²) in [4.78, 5) is 62.8. The number of anilines is 2. The number of fused-ring (bicyclic) bond motifs is 4. The topological polar surface area (TPSA) is 178 Å². The number of urea groups is 1. The van der Waals surface area contributed by atoms with Crippen molar-refractivity contribution in [1.29, 1.82) is 0 Å². The SMILES string of the molecule is [2H]C([2H])([2H])OCC12CCC(CN(c3nc(OC[C@H](C)CN4CCN(CC5CCC6(CC5)CCN(C(=O)c5ccc(OC)c(N7CCC(=O)NC7=O)c5)CC6)CC4)nc4c(F)c(-c5cc(O)cc6ccc(F)c(C#C)c56)ncc34)C1)N2. The molecule has 5 saturated heterocycles. The zero-order chi connectivity index (χ0) is 56.1. The summed E-state index contributed by atoms with van der Waals surface area (Å²) in [6.45, 7) is 10.2. The van der Waals surface area contributed by atoms with Gasteiger partial charge in [-0.25, -0.2) is 13.6 Å². The molecular weight excluding hydrogens is 987 g/mol. The van der Waals surface area contributed by atoms with Crippen LogP contribution in [0.5, 0.6) is 17.5 Å². The van der Waals surface area contributed by atoms with Crippen molar-refractivity contribution < 1.29 is 46.6 Å². The molecule has 19 heteroatoms. The molecule has 1 saturated carbocycles. The van der Waals surface area contributed by atoms with Crippen LogP contribution < -0.4 is 29.9 Å². The Morgan fingerprint density at radius 2 is 1.78 bits per heavy atom. The van der Waals surface area contributed by atoms with Gasteiger partial charge in [-0.05, 0) is 104 Å². The molecule has 6 fully saturated rings. The summed E-state index contributed by atoms with van der Waals surface area (Å²) >= 11 is 0. The number of hydrogen-bond acceptors (Lipinski definition) is 14. The lowest BCUT2D eigenvalue weighted by Gasteiger charge is -2.47. The van der Waals surface area contributed by atoms with Crippen LogP contribution in [0.3, 0.4) is 0 Å². The molecule has 2 aromatic heterocycles. The maximum Gasteiger partial charge on any atom is 0.328 e. The van der Waals surface area contributed by atoms with E-state index in [1.165, 1.54) is 55.3 Å². The van der Waals surface area contributed by atoms with Gasteiger partial charge in [0.1, 0.15) is 34.3 Å². The Bertz CT molecular complexity index is 3250. The first-order valence-corrected chi connectivity index (χ1v) is 27.0. The number of rotatable bonds is 14. The Hall–Kier alpha value is -6.72. The lowest BCUT2D eigenvalue weighted by molar-refractivity contribution is -0.120. The summed E-state index contributed by atoms with van der Waals surface area (Å²) in [6.07, 6.45) is 15.4. The third-order valence-electron chi connectivity index (χ3n) is 17.3. The molecule has 406 valence electrons. The molecule has 0 radical (unpaired) electrons. The number of halogens is 2. The molecule has 2 unspecified atom stereocenters. The van der Waals surface area contributed by atoms with Gasteiger partial charge in [0.15, 0.2) is 5.82 Å². The molecule has 17 nitrogen and oxygen atoms in total. The number of nitrogens with zero attached hydrogens (tertiary/aromatic N) is 8. The largest absolute Gasteiger partial charge is 0.508 e. The molecule has 5 aromatic rings. The number of aromatic nitrogens is 3. The number of amides is 4. The van der Waals surface area contributed by atoms with Gasteiger partial charge in [-0.2, -0.15) is 9.97 Å². The van der Waals surface area contributed by atoms with Crippen LogP contribution in [0.25, 0.3) is 32.9 Å². The molecule has 3 N–H and O–H groups in total. The molecule has 4 amide bonds. The number of terminal acetylenes is 1. The maximum atomic E-state index is 17.3. The molecule has 11 rings (SSSR count). The predicted octanol–water partition coefficient (Wildman–Crippen LogP) is 6.97. The second-order valence-electron chi connectivity index (χ2n) is 22.4. The number of carbonyl (C=O) groups excluding carboxylic acids is 3. The number of nitrogens with one attached hydrogen (secondary N) is 2. The standard InChI is InChI=1S/C58H68F2N10O7/c1-5-42-45(59)8-6-38-26-41(71)28-43(49(38)42)51-50(60)52-44(29-61-51)53(69-32-40-12-16-58(34-69,65-40)35-75-3)64-55(63-52)77-33-36(2)30-66-22-24-67(25-23-66)31-37-10-14-57(15-11-37)17-20-68(21-18-57)54(73)39-7-9-47(76-4)46(27-39)70-19-13-48(72)62-56(70)74/h1,6-9,26-29,36-37,40,65,71H,10-25,30-35H2,2-4H3,(H,62,72,74)/t36-,40?,58?/m1/s1/i3D3. The fraction of sp³-hybridized carbons (Fsp3) is 0.517. The molecule has 1 spiro atoms. The van der Waals surface area contributed by atoms with E-state index in [2.05, 4.69) is 43.2 Å². The number of benzene rings is 3. The molecule has 6 aliphatic rings. The number of piperidine rings is 1. The van der Waals surface area contributed by atoms with E-state index in [-0.39, 0.29) is 94.9 Å². The van der Waals surface area contributed by atoms with Gasteiger partial charge in [0.2, 0.25) is 5.91 Å². The minimum Gasteiger partial charge on any atom is -0.508 e. The van der Waals surface area contributed by atoms with Crippen LogP contribution in [0.15, 0.2) is 48.7 Å². The molecule has 77 heavy (non-hydrogen) atoms. The fourth-order valence-corrected chi connectivity index (χ4v) is 13.1. The Morgan fingerprint density at radius 1 is 0.987 bits per heavy atom. The minimum atomic E-state index is -2.59. The van der Waals surface area contributed by atoms with Gasteiger partial charge in [0.05, 0.1) is 46.6 Å². The molecule has 3 atom stereocenters. The highest BCUT2D eigenvalue weighted by atomic mass is 19.1. The maximum absolute atomic E-state index is 17.3. The number of pyridine rings is 1. The number of likely N-dealkylation sites (tertiary alicyclic amines) is 1. The monoisotopic (exact) mass is 1060 g/mol. The van der Waals surface area contributed by atoms with Crippen LogP contribution in [0.1, 0.15) is 84.7 Å². The van der Waals surface area contributed by atoms with Crippen LogP contribution in [0.4, 0.5) is 25.1 Å². The van der Waals surface area contributed by atoms with Gasteiger partial charge in [-0.1, -0.05) is 18.9 Å². The lowest BCUT2D eigenvalue weighted by Crippen LogP contribution is -2.61.